The van der Waals surface area contributed by atoms with Crippen molar-refractivity contribution in [2.24, 2.45) is 0 Å². The van der Waals surface area contributed by atoms with Crippen molar-refractivity contribution in [3.05, 3.63) is 58.1 Å². The topological polar surface area (TPSA) is 71.3 Å². The minimum Gasteiger partial charge on any atom is -0.481 e. The summed E-state index contributed by atoms with van der Waals surface area (Å²) in [5.41, 5.74) is 0.965. The van der Waals surface area contributed by atoms with E-state index in [2.05, 4.69) is 21.2 Å². The molecule has 1 heterocycles. The fourth-order valence-electron chi connectivity index (χ4n) is 2.28. The van der Waals surface area contributed by atoms with Crippen LogP contribution in [-0.2, 0) is 11.3 Å². The van der Waals surface area contributed by atoms with Crippen LogP contribution < -0.4 is 5.32 Å². The van der Waals surface area contributed by atoms with E-state index in [1.807, 2.05) is 6.92 Å². The van der Waals surface area contributed by atoms with Crippen LogP contribution in [0.4, 0.5) is 4.39 Å². The SMILES string of the molecule is CCn1cc(Br)cc1C(=O)NC(CC(=O)O)c1ccc(F)cc1. The summed E-state index contributed by atoms with van der Waals surface area (Å²) in [5.74, 6) is -1.85. The highest BCUT2D eigenvalue weighted by molar-refractivity contribution is 9.10. The monoisotopic (exact) mass is 382 g/mol. The average molecular weight is 383 g/mol. The zero-order valence-corrected chi connectivity index (χ0v) is 14.0. The van der Waals surface area contributed by atoms with Gasteiger partial charge in [0.1, 0.15) is 11.5 Å². The van der Waals surface area contributed by atoms with Crippen molar-refractivity contribution in [2.45, 2.75) is 25.9 Å². The van der Waals surface area contributed by atoms with E-state index in [1.165, 1.54) is 24.3 Å². The Balaban J connectivity index is 2.24. The molecule has 1 unspecified atom stereocenters. The molecule has 1 aromatic carbocycles. The number of amides is 1. The molecule has 2 rings (SSSR count). The van der Waals surface area contributed by atoms with Crippen LogP contribution in [0.1, 0.15) is 35.4 Å². The number of carboxylic acid groups (broad SMARTS) is 1. The van der Waals surface area contributed by atoms with Crippen molar-refractivity contribution >= 4 is 27.8 Å². The zero-order valence-electron chi connectivity index (χ0n) is 12.4. The lowest BCUT2D eigenvalue weighted by Crippen LogP contribution is -2.31. The number of nitrogens with one attached hydrogen (secondary N) is 1. The first kappa shape index (κ1) is 17.2. The van der Waals surface area contributed by atoms with E-state index in [0.29, 0.717) is 17.8 Å². The minimum absolute atomic E-state index is 0.286. The standard InChI is InChI=1S/C16H16BrFN2O3/c1-2-20-9-11(17)7-14(20)16(23)19-13(8-15(21)22)10-3-5-12(18)6-4-10/h3-7,9,13H,2,8H2,1H3,(H,19,23)(H,21,22). The Morgan fingerprint density at radius 3 is 2.57 bits per heavy atom. The maximum atomic E-state index is 13.0. The Hall–Kier alpha value is -2.15. The van der Waals surface area contributed by atoms with Gasteiger partial charge in [-0.25, -0.2) is 4.39 Å². The molecule has 0 aliphatic carbocycles. The number of nitrogens with zero attached hydrogens (tertiary/aromatic N) is 1. The Morgan fingerprint density at radius 1 is 1.35 bits per heavy atom. The Bertz CT molecular complexity index is 713. The van der Waals surface area contributed by atoms with Gasteiger partial charge in [0.15, 0.2) is 0 Å². The predicted molar refractivity (Wildman–Crippen MR) is 86.7 cm³/mol. The zero-order chi connectivity index (χ0) is 17.0. The second-order valence-electron chi connectivity index (χ2n) is 5.01. The lowest BCUT2D eigenvalue weighted by Gasteiger charge is -2.18. The lowest BCUT2D eigenvalue weighted by atomic mass is 10.0. The summed E-state index contributed by atoms with van der Waals surface area (Å²) in [4.78, 5) is 23.5. The third-order valence-electron chi connectivity index (χ3n) is 3.39. The number of carboxylic acids is 1. The van der Waals surface area contributed by atoms with Crippen molar-refractivity contribution in [1.29, 1.82) is 0 Å². The molecule has 7 heteroatoms. The van der Waals surface area contributed by atoms with Crippen molar-refractivity contribution in [3.8, 4) is 0 Å². The van der Waals surface area contributed by atoms with Crippen LogP contribution in [0.3, 0.4) is 0 Å². The van der Waals surface area contributed by atoms with E-state index in [1.54, 1.807) is 16.8 Å². The van der Waals surface area contributed by atoms with Gasteiger partial charge in [-0.1, -0.05) is 12.1 Å². The van der Waals surface area contributed by atoms with Gasteiger partial charge in [-0.2, -0.15) is 0 Å². The number of carbonyl (C=O) groups excluding carboxylic acids is 1. The largest absolute Gasteiger partial charge is 0.481 e. The molecule has 2 aromatic rings. The summed E-state index contributed by atoms with van der Waals surface area (Å²) in [7, 11) is 0. The molecular weight excluding hydrogens is 367 g/mol. The molecule has 0 aliphatic rings. The first-order valence-electron chi connectivity index (χ1n) is 7.04. The Morgan fingerprint density at radius 2 is 2.00 bits per heavy atom. The minimum atomic E-state index is -1.05. The van der Waals surface area contributed by atoms with E-state index < -0.39 is 17.8 Å². The van der Waals surface area contributed by atoms with Crippen LogP contribution in [-0.4, -0.2) is 21.6 Å². The maximum absolute atomic E-state index is 13.0. The molecule has 0 spiro atoms. The molecule has 2 N–H and O–H groups in total. The second-order valence-corrected chi connectivity index (χ2v) is 5.92. The average Bonchev–Trinajstić information content (AvgIpc) is 2.88. The molecule has 122 valence electrons. The number of benzene rings is 1. The summed E-state index contributed by atoms with van der Waals surface area (Å²) in [6.07, 6.45) is 1.49. The van der Waals surface area contributed by atoms with E-state index in [4.69, 9.17) is 5.11 Å². The molecular formula is C16H16BrFN2O3. The molecule has 1 amide bonds. The highest BCUT2D eigenvalue weighted by atomic mass is 79.9. The number of carbonyl (C=O) groups is 2. The van der Waals surface area contributed by atoms with Crippen molar-refractivity contribution in [3.63, 3.8) is 0 Å². The lowest BCUT2D eigenvalue weighted by molar-refractivity contribution is -0.137. The van der Waals surface area contributed by atoms with Crippen LogP contribution in [0.15, 0.2) is 41.0 Å². The van der Waals surface area contributed by atoms with Crippen LogP contribution >= 0.6 is 15.9 Å². The maximum Gasteiger partial charge on any atom is 0.305 e. The van der Waals surface area contributed by atoms with Crippen LogP contribution in [0.5, 0.6) is 0 Å². The molecule has 0 saturated heterocycles. The van der Waals surface area contributed by atoms with Crippen LogP contribution in [0, 0.1) is 5.82 Å². The quantitative estimate of drug-likeness (QED) is 0.804. The van der Waals surface area contributed by atoms with E-state index in [0.717, 1.165) is 4.47 Å². The molecule has 1 aromatic heterocycles. The van der Waals surface area contributed by atoms with Crippen molar-refractivity contribution in [1.82, 2.24) is 9.88 Å². The highest BCUT2D eigenvalue weighted by Crippen LogP contribution is 2.20. The number of aromatic nitrogens is 1. The van der Waals surface area contributed by atoms with Gasteiger partial charge < -0.3 is 15.0 Å². The smallest absolute Gasteiger partial charge is 0.305 e. The van der Waals surface area contributed by atoms with Gasteiger partial charge in [-0.3, -0.25) is 9.59 Å². The van der Waals surface area contributed by atoms with E-state index >= 15 is 0 Å². The van der Waals surface area contributed by atoms with Gasteiger partial charge in [0.05, 0.1) is 12.5 Å². The highest BCUT2D eigenvalue weighted by Gasteiger charge is 2.21. The third kappa shape index (κ3) is 4.41. The summed E-state index contributed by atoms with van der Waals surface area (Å²) in [5, 5.41) is 11.8. The summed E-state index contributed by atoms with van der Waals surface area (Å²) >= 11 is 3.31. The Kier molecular flexibility index (Phi) is 5.54. The van der Waals surface area contributed by atoms with Crippen LogP contribution in [0.2, 0.25) is 0 Å². The number of rotatable bonds is 6. The number of hydrogen-bond acceptors (Lipinski definition) is 2. The summed E-state index contributed by atoms with van der Waals surface area (Å²) in [6, 6.07) is 6.35. The molecule has 0 radical (unpaired) electrons. The number of halogens is 2. The molecule has 0 bridgehead atoms. The van der Waals surface area contributed by atoms with Gasteiger partial charge >= 0.3 is 5.97 Å². The second kappa shape index (κ2) is 7.41. The fourth-order valence-corrected chi connectivity index (χ4v) is 2.74. The molecule has 23 heavy (non-hydrogen) atoms. The Labute approximate surface area is 141 Å². The number of hydrogen-bond donors (Lipinski definition) is 2. The third-order valence-corrected chi connectivity index (χ3v) is 3.83. The normalized spacial score (nSPS) is 12.0. The van der Waals surface area contributed by atoms with E-state index in [9.17, 15) is 14.0 Å². The predicted octanol–water partition coefficient (Wildman–Crippen LogP) is 3.36. The first-order chi connectivity index (χ1) is 10.9. The van der Waals surface area contributed by atoms with Gasteiger partial charge in [0.2, 0.25) is 0 Å². The molecule has 0 aliphatic heterocycles. The van der Waals surface area contributed by atoms with Gasteiger partial charge in [0.25, 0.3) is 5.91 Å². The van der Waals surface area contributed by atoms with E-state index in [-0.39, 0.29) is 12.3 Å². The van der Waals surface area contributed by atoms with Gasteiger partial charge in [-0.15, -0.1) is 0 Å². The number of aliphatic carboxylic acids is 1. The fraction of sp³-hybridized carbons (Fsp3) is 0.250. The first-order valence-corrected chi connectivity index (χ1v) is 7.83. The van der Waals surface area contributed by atoms with Gasteiger partial charge in [0, 0.05) is 17.2 Å². The van der Waals surface area contributed by atoms with Crippen molar-refractivity contribution in [2.75, 3.05) is 0 Å². The summed E-state index contributed by atoms with van der Waals surface area (Å²) < 4.78 is 15.5. The number of aryl methyl sites for hydroxylation is 1. The molecule has 1 atom stereocenters. The molecule has 5 nitrogen and oxygen atoms in total. The molecule has 0 saturated carbocycles. The van der Waals surface area contributed by atoms with Gasteiger partial charge in [-0.05, 0) is 46.6 Å². The summed E-state index contributed by atoms with van der Waals surface area (Å²) in [6.45, 7) is 2.51. The van der Waals surface area contributed by atoms with Crippen LogP contribution in [0.25, 0.3) is 0 Å². The molecule has 0 fully saturated rings. The van der Waals surface area contributed by atoms with Crippen molar-refractivity contribution < 1.29 is 19.1 Å².